The minimum atomic E-state index is 0. The molecule has 0 saturated heterocycles. The maximum absolute atomic E-state index is 5.94. The molecule has 1 heterocycles. The van der Waals surface area contributed by atoms with Crippen LogP contribution in [0, 0.1) is 0 Å². The average Bonchev–Trinajstić information content (AvgIpc) is 3.27. The Kier molecular flexibility index (Phi) is 13.6. The second-order valence-electron chi connectivity index (χ2n) is 7.46. The Labute approximate surface area is 214 Å². The zero-order valence-electron chi connectivity index (χ0n) is 20.1. The number of methoxy groups -OCH3 is 1. The van der Waals surface area contributed by atoms with Gasteiger partial charge < -0.3 is 25.0 Å². The number of aliphatic imine (C=N–C) groups is 1. The van der Waals surface area contributed by atoms with Crippen molar-refractivity contribution < 1.29 is 9.47 Å². The fourth-order valence-corrected chi connectivity index (χ4v) is 3.90. The van der Waals surface area contributed by atoms with Crippen molar-refractivity contribution in [1.82, 2.24) is 20.5 Å². The number of rotatable bonds is 12. The van der Waals surface area contributed by atoms with E-state index in [1.807, 2.05) is 18.2 Å². The highest BCUT2D eigenvalue weighted by Crippen LogP contribution is 2.28. The number of ether oxygens (including phenoxy) is 2. The number of nitrogens with zero attached hydrogens (tertiary/aromatic N) is 3. The van der Waals surface area contributed by atoms with Crippen molar-refractivity contribution in [3.8, 4) is 11.5 Å². The van der Waals surface area contributed by atoms with E-state index in [9.17, 15) is 0 Å². The minimum Gasteiger partial charge on any atom is -0.493 e. The van der Waals surface area contributed by atoms with E-state index in [2.05, 4.69) is 58.6 Å². The molecule has 2 aromatic rings. The van der Waals surface area contributed by atoms with Crippen LogP contribution < -0.4 is 20.1 Å². The highest BCUT2D eigenvalue weighted by atomic mass is 127. The minimum absolute atomic E-state index is 0. The maximum Gasteiger partial charge on any atom is 0.191 e. The molecule has 1 aromatic heterocycles. The fourth-order valence-electron chi connectivity index (χ4n) is 3.00. The quantitative estimate of drug-likeness (QED) is 0.221. The van der Waals surface area contributed by atoms with Gasteiger partial charge in [0.1, 0.15) is 11.6 Å². The molecule has 32 heavy (non-hydrogen) atoms. The van der Waals surface area contributed by atoms with Crippen LogP contribution in [0.4, 0.5) is 0 Å². The lowest BCUT2D eigenvalue weighted by molar-refractivity contribution is 0.217. The number of nitrogens with one attached hydrogen (secondary N) is 2. The van der Waals surface area contributed by atoms with Crippen LogP contribution in [0.25, 0.3) is 0 Å². The second kappa shape index (κ2) is 15.3. The summed E-state index contributed by atoms with van der Waals surface area (Å²) in [4.78, 5) is 11.3. The summed E-state index contributed by atoms with van der Waals surface area (Å²) < 4.78 is 11.5. The molecule has 0 aliphatic heterocycles. The summed E-state index contributed by atoms with van der Waals surface area (Å²) in [6, 6.07) is 6.02. The normalized spacial score (nSPS) is 11.4. The summed E-state index contributed by atoms with van der Waals surface area (Å²) in [5.41, 5.74) is 2.23. The molecule has 0 unspecified atom stereocenters. The van der Waals surface area contributed by atoms with E-state index in [1.54, 1.807) is 25.5 Å². The molecule has 180 valence electrons. The zero-order chi connectivity index (χ0) is 22.6. The van der Waals surface area contributed by atoms with Crippen molar-refractivity contribution >= 4 is 41.3 Å². The van der Waals surface area contributed by atoms with E-state index < -0.39 is 0 Å². The number of guanidine groups is 1. The molecule has 2 rings (SSSR count). The predicted molar refractivity (Wildman–Crippen MR) is 145 cm³/mol. The van der Waals surface area contributed by atoms with Gasteiger partial charge in [0.05, 0.1) is 19.3 Å². The Hall–Kier alpha value is -1.59. The molecule has 9 heteroatoms. The van der Waals surface area contributed by atoms with E-state index >= 15 is 0 Å². The molecular formula is C23H38IN5O2S. The predicted octanol–water partition coefficient (Wildman–Crippen LogP) is 4.48. The molecular weight excluding hydrogens is 537 g/mol. The summed E-state index contributed by atoms with van der Waals surface area (Å²) in [5.74, 6) is 2.69. The number of aromatic nitrogens is 1. The van der Waals surface area contributed by atoms with Gasteiger partial charge in [-0.2, -0.15) is 0 Å². The van der Waals surface area contributed by atoms with Gasteiger partial charge in [-0.3, -0.25) is 4.99 Å². The molecule has 0 atom stereocenters. The van der Waals surface area contributed by atoms with Crippen molar-refractivity contribution in [3.05, 3.63) is 39.8 Å². The van der Waals surface area contributed by atoms with Gasteiger partial charge in [-0.05, 0) is 36.7 Å². The number of hydrogen-bond donors (Lipinski definition) is 2. The largest absolute Gasteiger partial charge is 0.493 e. The van der Waals surface area contributed by atoms with Gasteiger partial charge in [0.15, 0.2) is 17.5 Å². The van der Waals surface area contributed by atoms with Crippen LogP contribution in [-0.2, 0) is 13.1 Å². The Bertz CT molecular complexity index is 824. The first-order valence-corrected chi connectivity index (χ1v) is 11.8. The fraction of sp³-hybridized carbons (Fsp3) is 0.565. The second-order valence-corrected chi connectivity index (χ2v) is 8.40. The first kappa shape index (κ1) is 28.4. The van der Waals surface area contributed by atoms with Crippen molar-refractivity contribution in [2.45, 2.75) is 46.7 Å². The van der Waals surface area contributed by atoms with Crippen LogP contribution in [0.2, 0.25) is 0 Å². The average molecular weight is 576 g/mol. The topological polar surface area (TPSA) is 71.0 Å². The molecule has 0 aliphatic rings. The Morgan fingerprint density at radius 1 is 1.16 bits per heavy atom. The lowest BCUT2D eigenvalue weighted by Gasteiger charge is -2.19. The van der Waals surface area contributed by atoms with Crippen LogP contribution in [0.3, 0.4) is 0 Å². The van der Waals surface area contributed by atoms with Crippen molar-refractivity contribution in [3.63, 3.8) is 0 Å². The highest BCUT2D eigenvalue weighted by molar-refractivity contribution is 14.0. The monoisotopic (exact) mass is 575 g/mol. The third kappa shape index (κ3) is 9.11. The first-order chi connectivity index (χ1) is 15.0. The zero-order valence-corrected chi connectivity index (χ0v) is 23.3. The molecule has 0 bridgehead atoms. The van der Waals surface area contributed by atoms with Gasteiger partial charge in [0.25, 0.3) is 0 Å². The van der Waals surface area contributed by atoms with Gasteiger partial charge >= 0.3 is 0 Å². The number of benzene rings is 1. The summed E-state index contributed by atoms with van der Waals surface area (Å²) in [7, 11) is 3.44. The number of thiazole rings is 1. The number of hydrogen-bond acceptors (Lipinski definition) is 6. The van der Waals surface area contributed by atoms with E-state index in [4.69, 9.17) is 9.47 Å². The first-order valence-electron chi connectivity index (χ1n) is 10.9. The molecule has 0 saturated carbocycles. The van der Waals surface area contributed by atoms with E-state index in [-0.39, 0.29) is 24.0 Å². The third-order valence-electron chi connectivity index (χ3n) is 5.04. The summed E-state index contributed by atoms with van der Waals surface area (Å²) in [6.07, 6.45) is 0. The van der Waals surface area contributed by atoms with Gasteiger partial charge in [-0.25, -0.2) is 4.98 Å². The summed E-state index contributed by atoms with van der Waals surface area (Å²) >= 11 is 1.67. The molecule has 0 amide bonds. The van der Waals surface area contributed by atoms with E-state index in [1.165, 1.54) is 0 Å². The van der Waals surface area contributed by atoms with Crippen molar-refractivity contribution in [1.29, 1.82) is 0 Å². The van der Waals surface area contributed by atoms with Crippen LogP contribution >= 0.6 is 35.3 Å². The molecule has 2 N–H and O–H groups in total. The summed E-state index contributed by atoms with van der Waals surface area (Å²) in [5, 5.41) is 9.84. The van der Waals surface area contributed by atoms with Crippen molar-refractivity contribution in [2.24, 2.45) is 4.99 Å². The van der Waals surface area contributed by atoms with Crippen LogP contribution in [-0.4, -0.2) is 56.2 Å². The lowest BCUT2D eigenvalue weighted by atomic mass is 10.2. The smallest absolute Gasteiger partial charge is 0.191 e. The van der Waals surface area contributed by atoms with Crippen LogP contribution in [0.15, 0.2) is 28.6 Å². The van der Waals surface area contributed by atoms with Crippen molar-refractivity contribution in [2.75, 3.05) is 40.4 Å². The lowest BCUT2D eigenvalue weighted by Crippen LogP contribution is -2.36. The molecule has 0 fully saturated rings. The SMILES string of the molecule is CCN(CC)CCOc1ccc(CNC(=NC)NCc2nc(C(C)C)cs2)cc1OC.I. The Morgan fingerprint density at radius 2 is 1.88 bits per heavy atom. The van der Waals surface area contributed by atoms with Gasteiger partial charge in [0, 0.05) is 25.5 Å². The molecule has 0 spiro atoms. The van der Waals surface area contributed by atoms with Gasteiger partial charge in [0.2, 0.25) is 0 Å². The van der Waals surface area contributed by atoms with Gasteiger partial charge in [-0.1, -0.05) is 33.8 Å². The highest BCUT2D eigenvalue weighted by Gasteiger charge is 2.09. The van der Waals surface area contributed by atoms with Crippen LogP contribution in [0.5, 0.6) is 11.5 Å². The molecule has 7 nitrogen and oxygen atoms in total. The van der Waals surface area contributed by atoms with E-state index in [0.29, 0.717) is 25.6 Å². The summed E-state index contributed by atoms with van der Waals surface area (Å²) in [6.45, 7) is 13.5. The van der Waals surface area contributed by atoms with E-state index in [0.717, 1.165) is 53.4 Å². The molecule has 0 radical (unpaired) electrons. The maximum atomic E-state index is 5.94. The Morgan fingerprint density at radius 3 is 2.47 bits per heavy atom. The standard InChI is InChI=1S/C23H37N5O2S.HI/c1-7-28(8-2)11-12-30-20-10-9-18(13-21(20)29-6)14-25-23(24-5)26-15-22-27-19(16-31-22)17(3)4;/h9-10,13,16-17H,7-8,11-12,14-15H2,1-6H3,(H2,24,25,26);1H. The third-order valence-corrected chi connectivity index (χ3v) is 5.91. The Balaban J connectivity index is 0.00000512. The number of halogens is 1. The van der Waals surface area contributed by atoms with Crippen LogP contribution in [0.1, 0.15) is 49.9 Å². The molecule has 1 aromatic carbocycles. The van der Waals surface area contributed by atoms with Gasteiger partial charge in [-0.15, -0.1) is 35.3 Å². The number of likely N-dealkylation sites (N-methyl/N-ethyl adjacent to an activating group) is 1. The molecule has 0 aliphatic carbocycles.